The zero-order chi connectivity index (χ0) is 12.4. The van der Waals surface area contributed by atoms with Crippen molar-refractivity contribution in [3.8, 4) is 0 Å². The summed E-state index contributed by atoms with van der Waals surface area (Å²) in [5, 5.41) is 3.27. The van der Waals surface area contributed by atoms with Crippen LogP contribution in [0.2, 0.25) is 0 Å². The summed E-state index contributed by atoms with van der Waals surface area (Å²) < 4.78 is 0. The summed E-state index contributed by atoms with van der Waals surface area (Å²) in [6.45, 7) is 7.14. The number of carbonyl (C=O) groups excluding carboxylic acids is 2. The minimum Gasteiger partial charge on any atom is -0.330 e. The highest BCUT2D eigenvalue weighted by Gasteiger charge is 2.37. The van der Waals surface area contributed by atoms with Gasteiger partial charge in [-0.3, -0.25) is 9.59 Å². The smallest absolute Gasteiger partial charge is 0.312 e. The first kappa shape index (κ1) is 12.4. The summed E-state index contributed by atoms with van der Waals surface area (Å²) in [6, 6.07) is 0.364. The maximum atomic E-state index is 12.1. The van der Waals surface area contributed by atoms with Gasteiger partial charge in [0.1, 0.15) is 0 Å². The number of rotatable bonds is 2. The van der Waals surface area contributed by atoms with Crippen LogP contribution in [0.25, 0.3) is 0 Å². The molecule has 96 valence electrons. The van der Waals surface area contributed by atoms with Gasteiger partial charge in [-0.2, -0.15) is 0 Å². The van der Waals surface area contributed by atoms with Gasteiger partial charge in [0.15, 0.2) is 0 Å². The monoisotopic (exact) mass is 239 g/mol. The van der Waals surface area contributed by atoms with Gasteiger partial charge in [0, 0.05) is 25.2 Å². The maximum absolute atomic E-state index is 12.1. The molecule has 2 heterocycles. The minimum atomic E-state index is -0.329. The van der Waals surface area contributed by atoms with E-state index in [2.05, 4.69) is 5.32 Å². The Morgan fingerprint density at radius 2 is 1.76 bits per heavy atom. The molecule has 0 aliphatic carbocycles. The molecule has 5 nitrogen and oxygen atoms in total. The minimum absolute atomic E-state index is 0.113. The van der Waals surface area contributed by atoms with Crippen molar-refractivity contribution in [2.24, 2.45) is 0 Å². The van der Waals surface area contributed by atoms with E-state index in [1.165, 1.54) is 0 Å². The topological polar surface area (TPSA) is 52.6 Å². The third-order valence-corrected chi connectivity index (χ3v) is 3.66. The fourth-order valence-electron chi connectivity index (χ4n) is 2.62. The van der Waals surface area contributed by atoms with Crippen molar-refractivity contribution in [3.05, 3.63) is 0 Å². The van der Waals surface area contributed by atoms with Gasteiger partial charge in [-0.15, -0.1) is 0 Å². The highest BCUT2D eigenvalue weighted by atomic mass is 16.2. The van der Waals surface area contributed by atoms with Crippen LogP contribution in [0.4, 0.5) is 0 Å². The van der Waals surface area contributed by atoms with Crippen LogP contribution in [0.1, 0.15) is 26.7 Å². The number of piperazine rings is 1. The Bertz CT molecular complexity index is 311. The van der Waals surface area contributed by atoms with Gasteiger partial charge in [0.2, 0.25) is 0 Å². The molecule has 0 spiro atoms. The van der Waals surface area contributed by atoms with Gasteiger partial charge in [-0.1, -0.05) is 0 Å². The van der Waals surface area contributed by atoms with Crippen LogP contribution in [0.3, 0.4) is 0 Å². The average Bonchev–Trinajstić information content (AvgIpc) is 2.33. The van der Waals surface area contributed by atoms with Gasteiger partial charge in [-0.05, 0) is 39.8 Å². The SMILES string of the molecule is CC(C)N1CCN(C2CCNCC2)C(=O)C1=O. The summed E-state index contributed by atoms with van der Waals surface area (Å²) in [5.41, 5.74) is 0. The van der Waals surface area contributed by atoms with Gasteiger partial charge in [0.25, 0.3) is 0 Å². The molecule has 1 N–H and O–H groups in total. The number of amides is 2. The average molecular weight is 239 g/mol. The lowest BCUT2D eigenvalue weighted by molar-refractivity contribution is -0.159. The second kappa shape index (κ2) is 5.04. The second-order valence-corrected chi connectivity index (χ2v) is 5.07. The molecular formula is C12H21N3O2. The Kier molecular flexibility index (Phi) is 3.66. The molecule has 2 aliphatic heterocycles. The predicted molar refractivity (Wildman–Crippen MR) is 64.5 cm³/mol. The summed E-state index contributed by atoms with van der Waals surface area (Å²) in [6.07, 6.45) is 1.92. The highest BCUT2D eigenvalue weighted by molar-refractivity contribution is 6.35. The molecule has 0 aromatic carbocycles. The van der Waals surface area contributed by atoms with Crippen molar-refractivity contribution in [3.63, 3.8) is 0 Å². The lowest BCUT2D eigenvalue weighted by Gasteiger charge is -2.41. The molecule has 0 unspecified atom stereocenters. The molecule has 0 aromatic rings. The molecule has 5 heteroatoms. The third kappa shape index (κ3) is 2.44. The third-order valence-electron chi connectivity index (χ3n) is 3.66. The highest BCUT2D eigenvalue weighted by Crippen LogP contribution is 2.17. The van der Waals surface area contributed by atoms with Crippen molar-refractivity contribution >= 4 is 11.8 Å². The standard InChI is InChI=1S/C12H21N3O2/c1-9(2)14-7-8-15(12(17)11(14)16)10-3-5-13-6-4-10/h9-10,13H,3-8H2,1-2H3. The Morgan fingerprint density at radius 1 is 1.12 bits per heavy atom. The van der Waals surface area contributed by atoms with Crippen molar-refractivity contribution < 1.29 is 9.59 Å². The van der Waals surface area contributed by atoms with Crippen LogP contribution in [0.5, 0.6) is 0 Å². The van der Waals surface area contributed by atoms with Gasteiger partial charge in [0.05, 0.1) is 0 Å². The van der Waals surface area contributed by atoms with Crippen LogP contribution >= 0.6 is 0 Å². The van der Waals surface area contributed by atoms with Gasteiger partial charge >= 0.3 is 11.8 Å². The molecule has 2 fully saturated rings. The Hall–Kier alpha value is -1.10. The molecule has 2 rings (SSSR count). The lowest BCUT2D eigenvalue weighted by Crippen LogP contribution is -2.60. The van der Waals surface area contributed by atoms with E-state index in [1.54, 1.807) is 9.80 Å². The zero-order valence-electron chi connectivity index (χ0n) is 10.6. The largest absolute Gasteiger partial charge is 0.330 e. The molecular weight excluding hydrogens is 218 g/mol. The Balaban J connectivity index is 2.02. The summed E-state index contributed by atoms with van der Waals surface area (Å²) in [5.74, 6) is -0.637. The molecule has 0 saturated carbocycles. The summed E-state index contributed by atoms with van der Waals surface area (Å²) >= 11 is 0. The fraction of sp³-hybridized carbons (Fsp3) is 0.833. The summed E-state index contributed by atoms with van der Waals surface area (Å²) in [4.78, 5) is 27.4. The van der Waals surface area contributed by atoms with Crippen LogP contribution < -0.4 is 5.32 Å². The molecule has 2 aliphatic rings. The number of nitrogens with zero attached hydrogens (tertiary/aromatic N) is 2. The maximum Gasteiger partial charge on any atom is 0.312 e. The Morgan fingerprint density at radius 3 is 2.35 bits per heavy atom. The first-order valence-electron chi connectivity index (χ1n) is 6.43. The van der Waals surface area contributed by atoms with Gasteiger partial charge < -0.3 is 15.1 Å². The quantitative estimate of drug-likeness (QED) is 0.680. The molecule has 0 radical (unpaired) electrons. The molecule has 0 atom stereocenters. The van der Waals surface area contributed by atoms with E-state index < -0.39 is 0 Å². The lowest BCUT2D eigenvalue weighted by atomic mass is 10.0. The number of piperidine rings is 1. The van der Waals surface area contributed by atoms with Crippen molar-refractivity contribution in [2.75, 3.05) is 26.2 Å². The number of hydrogen-bond acceptors (Lipinski definition) is 3. The van der Waals surface area contributed by atoms with E-state index in [4.69, 9.17) is 0 Å². The molecule has 2 saturated heterocycles. The second-order valence-electron chi connectivity index (χ2n) is 5.07. The van der Waals surface area contributed by atoms with E-state index >= 15 is 0 Å². The fourth-order valence-corrected chi connectivity index (χ4v) is 2.62. The van der Waals surface area contributed by atoms with Crippen LogP contribution in [-0.2, 0) is 9.59 Å². The zero-order valence-corrected chi connectivity index (χ0v) is 10.6. The summed E-state index contributed by atoms with van der Waals surface area (Å²) in [7, 11) is 0. The first-order valence-corrected chi connectivity index (χ1v) is 6.43. The van der Waals surface area contributed by atoms with E-state index in [-0.39, 0.29) is 23.9 Å². The number of hydrogen-bond donors (Lipinski definition) is 1. The van der Waals surface area contributed by atoms with E-state index in [1.807, 2.05) is 13.8 Å². The van der Waals surface area contributed by atoms with Gasteiger partial charge in [-0.25, -0.2) is 0 Å². The molecule has 0 bridgehead atoms. The first-order chi connectivity index (χ1) is 8.11. The van der Waals surface area contributed by atoms with Crippen molar-refractivity contribution in [1.82, 2.24) is 15.1 Å². The normalized spacial score (nSPS) is 23.7. The molecule has 0 aromatic heterocycles. The van der Waals surface area contributed by atoms with Crippen LogP contribution in [0, 0.1) is 0 Å². The molecule has 17 heavy (non-hydrogen) atoms. The van der Waals surface area contributed by atoms with E-state index in [0.717, 1.165) is 25.9 Å². The molecule has 2 amide bonds. The van der Waals surface area contributed by atoms with Crippen molar-refractivity contribution in [1.29, 1.82) is 0 Å². The van der Waals surface area contributed by atoms with E-state index in [9.17, 15) is 9.59 Å². The van der Waals surface area contributed by atoms with E-state index in [0.29, 0.717) is 13.1 Å². The Labute approximate surface area is 102 Å². The van der Waals surface area contributed by atoms with Crippen molar-refractivity contribution in [2.45, 2.75) is 38.8 Å². The van der Waals surface area contributed by atoms with Crippen LogP contribution in [-0.4, -0.2) is 59.9 Å². The number of carbonyl (C=O) groups is 2. The predicted octanol–water partition coefficient (Wildman–Crippen LogP) is -0.182. The van der Waals surface area contributed by atoms with Crippen LogP contribution in [0.15, 0.2) is 0 Å². The number of nitrogens with one attached hydrogen (secondary N) is 1.